The van der Waals surface area contributed by atoms with Gasteiger partial charge in [-0.25, -0.2) is 0 Å². The van der Waals surface area contributed by atoms with Crippen LogP contribution in [0.5, 0.6) is 0 Å². The van der Waals surface area contributed by atoms with Crippen LogP contribution in [0.3, 0.4) is 0 Å². The number of carbonyl (C=O) groups is 3. The molecule has 0 rings (SSSR count). The number of rotatable bonds is 12. The van der Waals surface area contributed by atoms with E-state index in [-0.39, 0.29) is 24.5 Å². The van der Waals surface area contributed by atoms with Crippen LogP contribution in [0, 0.1) is 0 Å². The molecular weight excluding hydrogens is 316 g/mol. The number of ether oxygens (including phenoxy) is 3. The summed E-state index contributed by atoms with van der Waals surface area (Å²) < 4.78 is 14.0. The van der Waals surface area contributed by atoms with E-state index in [4.69, 9.17) is 15.2 Å². The molecule has 0 aliphatic carbocycles. The fourth-order valence-electron chi connectivity index (χ4n) is 1.53. The van der Waals surface area contributed by atoms with Crippen molar-refractivity contribution in [1.82, 2.24) is 5.32 Å². The van der Waals surface area contributed by atoms with Gasteiger partial charge in [0.05, 0.1) is 26.4 Å². The van der Waals surface area contributed by atoms with Crippen LogP contribution in [-0.2, 0) is 28.6 Å². The second-order valence-electron chi connectivity index (χ2n) is 4.58. The molecule has 0 spiro atoms. The lowest BCUT2D eigenvalue weighted by Gasteiger charge is -2.04. The smallest absolute Gasteiger partial charge is 0.319 e. The molecule has 0 bridgehead atoms. The van der Waals surface area contributed by atoms with Crippen LogP contribution in [-0.4, -0.2) is 57.4 Å². The number of hydrogen-bond donors (Lipinski definition) is 2. The molecule has 0 atom stereocenters. The maximum atomic E-state index is 11.0. The zero-order valence-electron chi connectivity index (χ0n) is 15.1. The van der Waals surface area contributed by atoms with E-state index in [1.165, 1.54) is 0 Å². The second kappa shape index (κ2) is 19.4. The molecule has 0 aromatic rings. The van der Waals surface area contributed by atoms with Crippen LogP contribution in [0.2, 0.25) is 0 Å². The number of nitrogens with one attached hydrogen (secondary N) is 1. The molecule has 0 aliphatic heterocycles. The molecule has 142 valence electrons. The maximum Gasteiger partial charge on any atom is 0.319 e. The molecule has 0 aliphatic rings. The third-order valence-electron chi connectivity index (χ3n) is 2.55. The summed E-state index contributed by atoms with van der Waals surface area (Å²) in [6.45, 7) is 8.13. The summed E-state index contributed by atoms with van der Waals surface area (Å²) in [7, 11) is 0. The predicted molar refractivity (Wildman–Crippen MR) is 90.3 cm³/mol. The molecule has 0 saturated carbocycles. The minimum absolute atomic E-state index is 0.0200. The third-order valence-corrected chi connectivity index (χ3v) is 2.55. The Morgan fingerprint density at radius 3 is 1.42 bits per heavy atom. The number of esters is 3. The van der Waals surface area contributed by atoms with E-state index >= 15 is 0 Å². The Bertz CT molecular complexity index is 315. The SMILES string of the molecule is CCOC(=O)CCCNCCCC(=O)OCC.CCOC(=O)CN. The molecule has 0 saturated heterocycles. The summed E-state index contributed by atoms with van der Waals surface area (Å²) in [4.78, 5) is 32.0. The molecule has 0 aromatic carbocycles. The van der Waals surface area contributed by atoms with Crippen molar-refractivity contribution in [3.8, 4) is 0 Å². The molecule has 0 fully saturated rings. The van der Waals surface area contributed by atoms with Gasteiger partial charge in [0, 0.05) is 12.8 Å². The van der Waals surface area contributed by atoms with Gasteiger partial charge < -0.3 is 25.3 Å². The first-order valence-corrected chi connectivity index (χ1v) is 8.39. The topological polar surface area (TPSA) is 117 Å². The van der Waals surface area contributed by atoms with Gasteiger partial charge in [0.2, 0.25) is 0 Å². The highest BCUT2D eigenvalue weighted by atomic mass is 16.5. The minimum Gasteiger partial charge on any atom is -0.466 e. The first-order chi connectivity index (χ1) is 11.5. The van der Waals surface area contributed by atoms with E-state index in [1.807, 2.05) is 0 Å². The van der Waals surface area contributed by atoms with Crippen LogP contribution in [0.15, 0.2) is 0 Å². The second-order valence-corrected chi connectivity index (χ2v) is 4.58. The summed E-state index contributed by atoms with van der Waals surface area (Å²) in [6.07, 6.45) is 2.41. The molecule has 0 amide bonds. The van der Waals surface area contributed by atoms with Gasteiger partial charge in [0.1, 0.15) is 0 Å². The van der Waals surface area contributed by atoms with Crippen LogP contribution < -0.4 is 11.1 Å². The molecule has 0 unspecified atom stereocenters. The van der Waals surface area contributed by atoms with Crippen molar-refractivity contribution in [3.05, 3.63) is 0 Å². The Labute approximate surface area is 144 Å². The van der Waals surface area contributed by atoms with Crippen molar-refractivity contribution in [1.29, 1.82) is 0 Å². The van der Waals surface area contributed by atoms with Gasteiger partial charge >= 0.3 is 17.9 Å². The van der Waals surface area contributed by atoms with Crippen LogP contribution in [0.4, 0.5) is 0 Å². The molecule has 3 N–H and O–H groups in total. The Balaban J connectivity index is 0. The molecule has 8 nitrogen and oxygen atoms in total. The van der Waals surface area contributed by atoms with Crippen LogP contribution in [0.1, 0.15) is 46.5 Å². The van der Waals surface area contributed by atoms with E-state index < -0.39 is 0 Å². The van der Waals surface area contributed by atoms with E-state index in [9.17, 15) is 14.4 Å². The Hall–Kier alpha value is -1.67. The lowest BCUT2D eigenvalue weighted by atomic mass is 10.3. The van der Waals surface area contributed by atoms with Gasteiger partial charge in [-0.15, -0.1) is 0 Å². The lowest BCUT2D eigenvalue weighted by molar-refractivity contribution is -0.144. The van der Waals surface area contributed by atoms with Crippen molar-refractivity contribution in [2.45, 2.75) is 46.5 Å². The normalized spacial score (nSPS) is 9.50. The van der Waals surface area contributed by atoms with Crippen molar-refractivity contribution < 1.29 is 28.6 Å². The van der Waals surface area contributed by atoms with E-state index in [2.05, 4.69) is 10.1 Å². The number of hydrogen-bond acceptors (Lipinski definition) is 8. The highest BCUT2D eigenvalue weighted by Gasteiger charge is 2.02. The van der Waals surface area contributed by atoms with Crippen molar-refractivity contribution in [3.63, 3.8) is 0 Å². The van der Waals surface area contributed by atoms with Crippen LogP contribution >= 0.6 is 0 Å². The Kier molecular flexibility index (Phi) is 19.8. The lowest BCUT2D eigenvalue weighted by Crippen LogP contribution is -2.19. The summed E-state index contributed by atoms with van der Waals surface area (Å²) >= 11 is 0. The molecule has 24 heavy (non-hydrogen) atoms. The summed E-state index contributed by atoms with van der Waals surface area (Å²) in [5, 5.41) is 3.16. The third kappa shape index (κ3) is 20.3. The first kappa shape index (κ1) is 24.6. The van der Waals surface area contributed by atoms with E-state index in [0.717, 1.165) is 25.9 Å². The molecule has 8 heteroatoms. The fraction of sp³-hybridized carbons (Fsp3) is 0.812. The van der Waals surface area contributed by atoms with E-state index in [1.54, 1.807) is 20.8 Å². The average molecular weight is 348 g/mol. The zero-order valence-corrected chi connectivity index (χ0v) is 15.1. The molecule has 0 radical (unpaired) electrons. The average Bonchev–Trinajstić information content (AvgIpc) is 2.55. The molecular formula is C16H32N2O6. The van der Waals surface area contributed by atoms with Gasteiger partial charge in [0.15, 0.2) is 0 Å². The first-order valence-electron chi connectivity index (χ1n) is 8.39. The quantitative estimate of drug-likeness (QED) is 0.302. The summed E-state index contributed by atoms with van der Waals surface area (Å²) in [6, 6.07) is 0. The minimum atomic E-state index is -0.345. The standard InChI is InChI=1S/C12H23NO4.C4H9NO2/c1-3-16-11(14)7-5-9-13-10-6-8-12(15)17-4-2;1-2-7-4(6)3-5/h13H,3-10H2,1-2H3;2-3,5H2,1H3. The van der Waals surface area contributed by atoms with Crippen LogP contribution in [0.25, 0.3) is 0 Å². The van der Waals surface area contributed by atoms with Gasteiger partial charge in [-0.1, -0.05) is 0 Å². The Morgan fingerprint density at radius 2 is 1.12 bits per heavy atom. The summed E-state index contributed by atoms with van der Waals surface area (Å²) in [5.41, 5.74) is 4.88. The largest absolute Gasteiger partial charge is 0.466 e. The number of nitrogens with two attached hydrogens (primary N) is 1. The van der Waals surface area contributed by atoms with Gasteiger partial charge in [-0.05, 0) is 46.7 Å². The Morgan fingerprint density at radius 1 is 0.750 bits per heavy atom. The highest BCUT2D eigenvalue weighted by Crippen LogP contribution is 1.93. The highest BCUT2D eigenvalue weighted by molar-refractivity contribution is 5.71. The van der Waals surface area contributed by atoms with Gasteiger partial charge in [0.25, 0.3) is 0 Å². The predicted octanol–water partition coefficient (Wildman–Crippen LogP) is 0.771. The van der Waals surface area contributed by atoms with Gasteiger partial charge in [-0.3, -0.25) is 14.4 Å². The fourth-order valence-corrected chi connectivity index (χ4v) is 1.53. The number of carbonyl (C=O) groups excluding carboxylic acids is 3. The molecule has 0 aromatic heterocycles. The van der Waals surface area contributed by atoms with Gasteiger partial charge in [-0.2, -0.15) is 0 Å². The molecule has 0 heterocycles. The van der Waals surface area contributed by atoms with Crippen molar-refractivity contribution >= 4 is 17.9 Å². The maximum absolute atomic E-state index is 11.0. The summed E-state index contributed by atoms with van der Waals surface area (Å²) in [5.74, 6) is -0.649. The van der Waals surface area contributed by atoms with Crippen molar-refractivity contribution in [2.24, 2.45) is 5.73 Å². The zero-order chi connectivity index (χ0) is 18.6. The van der Waals surface area contributed by atoms with Crippen molar-refractivity contribution in [2.75, 3.05) is 39.5 Å². The monoisotopic (exact) mass is 348 g/mol. The van der Waals surface area contributed by atoms with E-state index in [0.29, 0.717) is 32.7 Å².